The molecule has 0 unspecified atom stereocenters. The number of hydrogen-bond donors (Lipinski definition) is 0. The molecule has 0 aromatic heterocycles. The van der Waals surface area contributed by atoms with E-state index in [2.05, 4.69) is 0 Å². The summed E-state index contributed by atoms with van der Waals surface area (Å²) in [6.07, 6.45) is -17.0. The molecule has 0 saturated heterocycles. The van der Waals surface area contributed by atoms with Gasteiger partial charge in [-0.05, 0) is 23.8 Å². The highest BCUT2D eigenvalue weighted by Gasteiger charge is 2.42. The molecule has 0 spiro atoms. The molecular weight excluding hydrogens is 349 g/mol. The molecule has 0 radical (unpaired) electrons. The molecule has 128 valence electrons. The maximum absolute atomic E-state index is 12.7. The van der Waals surface area contributed by atoms with Gasteiger partial charge in [0.25, 0.3) is 0 Å². The van der Waals surface area contributed by atoms with E-state index in [-0.39, 0.29) is 18.2 Å². The molecule has 3 nitrogen and oxygen atoms in total. The fraction of sp³-hybridized carbons (Fsp3) is 0.273. The normalized spacial score (nSPS) is 14.0. The van der Waals surface area contributed by atoms with E-state index in [1.165, 1.54) is 0 Å². The molecule has 0 aliphatic heterocycles. The third-order valence-electron chi connectivity index (χ3n) is 2.44. The van der Waals surface area contributed by atoms with Gasteiger partial charge in [0.1, 0.15) is 5.57 Å². The summed E-state index contributed by atoms with van der Waals surface area (Å²) in [5.74, 6) is 0. The van der Waals surface area contributed by atoms with Gasteiger partial charge in [0.05, 0.1) is 16.1 Å². The van der Waals surface area contributed by atoms with Gasteiger partial charge in [-0.15, -0.1) is 0 Å². The maximum Gasteiger partial charge on any atom is 0.422 e. The highest BCUT2D eigenvalue weighted by atomic mass is 19.4. The second-order valence-corrected chi connectivity index (χ2v) is 4.12. The maximum atomic E-state index is 12.7. The summed E-state index contributed by atoms with van der Waals surface area (Å²) in [5, 5.41) is 10.2. The average molecular weight is 353 g/mol. The molecule has 1 aromatic rings. The van der Waals surface area contributed by atoms with Crippen LogP contribution in [0.2, 0.25) is 0 Å². The Morgan fingerprint density at radius 2 is 1.26 bits per heavy atom. The molecule has 1 rings (SSSR count). The summed E-state index contributed by atoms with van der Waals surface area (Å²) >= 11 is 0. The Hall–Kier alpha value is -2.27. The molecule has 1 aromatic carbocycles. The summed E-state index contributed by atoms with van der Waals surface area (Å²) in [6.45, 7) is 0. The Morgan fingerprint density at radius 1 is 0.870 bits per heavy atom. The lowest BCUT2D eigenvalue weighted by Crippen LogP contribution is -2.16. The quantitative estimate of drug-likeness (QED) is 0.431. The van der Waals surface area contributed by atoms with Gasteiger partial charge in [0.2, 0.25) is 6.20 Å². The Balaban J connectivity index is 3.72. The van der Waals surface area contributed by atoms with Crippen molar-refractivity contribution < 1.29 is 44.4 Å². The molecule has 0 aliphatic rings. The fourth-order valence-corrected chi connectivity index (χ4v) is 1.53. The smallest absolute Gasteiger partial charge is 0.259 e. The van der Waals surface area contributed by atoms with E-state index in [1.807, 2.05) is 0 Å². The SMILES string of the molecule is O=[N+]([O-])/C=C(\c1cc(C(F)(F)F)cc(C(F)(F)F)c1)C(F)(F)F. The highest BCUT2D eigenvalue weighted by Crippen LogP contribution is 2.41. The van der Waals surface area contributed by atoms with Crippen LogP contribution in [-0.4, -0.2) is 11.1 Å². The van der Waals surface area contributed by atoms with Crippen LogP contribution in [0.15, 0.2) is 24.4 Å². The number of alkyl halides is 9. The van der Waals surface area contributed by atoms with Gasteiger partial charge in [-0.1, -0.05) is 0 Å². The largest absolute Gasteiger partial charge is 0.422 e. The molecule has 0 fully saturated rings. The summed E-state index contributed by atoms with van der Waals surface area (Å²) in [7, 11) is 0. The van der Waals surface area contributed by atoms with E-state index in [9.17, 15) is 49.6 Å². The Labute approximate surface area is 121 Å². The molecule has 0 saturated carbocycles. The van der Waals surface area contributed by atoms with E-state index in [1.54, 1.807) is 0 Å². The number of rotatable bonds is 2. The first-order valence-corrected chi connectivity index (χ1v) is 5.34. The molecule has 12 heteroatoms. The van der Waals surface area contributed by atoms with Crippen molar-refractivity contribution in [3.8, 4) is 0 Å². The molecule has 23 heavy (non-hydrogen) atoms. The lowest BCUT2D eigenvalue weighted by molar-refractivity contribution is -0.402. The minimum atomic E-state index is -5.53. The Morgan fingerprint density at radius 3 is 1.52 bits per heavy atom. The first kappa shape index (κ1) is 18.8. The first-order valence-electron chi connectivity index (χ1n) is 5.34. The van der Waals surface area contributed by atoms with Gasteiger partial charge < -0.3 is 0 Å². The van der Waals surface area contributed by atoms with Crippen LogP contribution in [-0.2, 0) is 12.4 Å². The zero-order chi connectivity index (χ0) is 18.2. The van der Waals surface area contributed by atoms with Gasteiger partial charge >= 0.3 is 18.5 Å². The van der Waals surface area contributed by atoms with Crippen molar-refractivity contribution in [2.45, 2.75) is 18.5 Å². The molecule has 0 aliphatic carbocycles. The van der Waals surface area contributed by atoms with Gasteiger partial charge in [-0.25, -0.2) is 0 Å². The third-order valence-corrected chi connectivity index (χ3v) is 2.44. The first-order chi connectivity index (χ1) is 10.1. The number of hydrogen-bond acceptors (Lipinski definition) is 2. The second kappa shape index (κ2) is 5.74. The van der Waals surface area contributed by atoms with Crippen LogP contribution in [0.5, 0.6) is 0 Å². The van der Waals surface area contributed by atoms with E-state index in [4.69, 9.17) is 0 Å². The number of halogens is 9. The van der Waals surface area contributed by atoms with Crippen molar-refractivity contribution >= 4 is 5.57 Å². The highest BCUT2D eigenvalue weighted by molar-refractivity contribution is 5.70. The minimum absolute atomic E-state index is 0.238. The standard InChI is InChI=1S/C11H4F9NO2/c12-9(13,14)6-1-5(2-7(3-6)10(15,16)17)8(4-21(22)23)11(18,19)20/h1-4H/b8-4+. The van der Waals surface area contributed by atoms with E-state index in [0.29, 0.717) is 0 Å². The summed E-state index contributed by atoms with van der Waals surface area (Å²) in [4.78, 5) is 8.55. The predicted octanol–water partition coefficient (Wildman–Crippen LogP) is 4.90. The summed E-state index contributed by atoms with van der Waals surface area (Å²) in [5.41, 5.74) is -7.88. The predicted molar refractivity (Wildman–Crippen MR) is 57.5 cm³/mol. The van der Waals surface area contributed by atoms with Crippen molar-refractivity contribution in [2.24, 2.45) is 0 Å². The molecule has 0 N–H and O–H groups in total. The summed E-state index contributed by atoms with van der Waals surface area (Å²) in [6, 6.07) is -0.861. The van der Waals surface area contributed by atoms with E-state index < -0.39 is 51.9 Å². The van der Waals surface area contributed by atoms with E-state index >= 15 is 0 Å². The fourth-order valence-electron chi connectivity index (χ4n) is 1.53. The number of allylic oxidation sites excluding steroid dienone is 1. The van der Waals surface area contributed by atoms with Crippen molar-refractivity contribution in [2.75, 3.05) is 0 Å². The van der Waals surface area contributed by atoms with Crippen molar-refractivity contribution in [3.05, 3.63) is 51.2 Å². The lowest BCUT2D eigenvalue weighted by atomic mass is 9.99. The number of nitro groups is 1. The Kier molecular flexibility index (Phi) is 4.69. The molecule has 0 bridgehead atoms. The van der Waals surface area contributed by atoms with Crippen LogP contribution >= 0.6 is 0 Å². The van der Waals surface area contributed by atoms with Crippen molar-refractivity contribution in [1.29, 1.82) is 0 Å². The average Bonchev–Trinajstić information content (AvgIpc) is 2.31. The topological polar surface area (TPSA) is 43.1 Å². The zero-order valence-electron chi connectivity index (χ0n) is 10.5. The lowest BCUT2D eigenvalue weighted by Gasteiger charge is -2.16. The van der Waals surface area contributed by atoms with Crippen LogP contribution < -0.4 is 0 Å². The van der Waals surface area contributed by atoms with Gasteiger partial charge in [-0.3, -0.25) is 10.1 Å². The van der Waals surface area contributed by atoms with Crippen LogP contribution in [0.3, 0.4) is 0 Å². The molecule has 0 atom stereocenters. The van der Waals surface area contributed by atoms with Crippen molar-refractivity contribution in [1.82, 2.24) is 0 Å². The van der Waals surface area contributed by atoms with Gasteiger partial charge in [0, 0.05) is 0 Å². The van der Waals surface area contributed by atoms with E-state index in [0.717, 1.165) is 0 Å². The second-order valence-electron chi connectivity index (χ2n) is 4.12. The van der Waals surface area contributed by atoms with Crippen molar-refractivity contribution in [3.63, 3.8) is 0 Å². The van der Waals surface area contributed by atoms with Crippen LogP contribution in [0.4, 0.5) is 39.5 Å². The number of benzene rings is 1. The van der Waals surface area contributed by atoms with Crippen LogP contribution in [0, 0.1) is 10.1 Å². The van der Waals surface area contributed by atoms with Crippen LogP contribution in [0.25, 0.3) is 5.57 Å². The third kappa shape index (κ3) is 4.86. The van der Waals surface area contributed by atoms with Gasteiger partial charge in [0.15, 0.2) is 0 Å². The summed E-state index contributed by atoms with van der Waals surface area (Å²) < 4.78 is 113. The molecule has 0 amide bonds. The number of nitrogens with zero attached hydrogens (tertiary/aromatic N) is 1. The Bertz CT molecular complexity index is 608. The minimum Gasteiger partial charge on any atom is -0.259 e. The monoisotopic (exact) mass is 353 g/mol. The van der Waals surface area contributed by atoms with Crippen LogP contribution in [0.1, 0.15) is 16.7 Å². The zero-order valence-corrected chi connectivity index (χ0v) is 10.5. The van der Waals surface area contributed by atoms with Gasteiger partial charge in [-0.2, -0.15) is 39.5 Å². The molecular formula is C11H4F9NO2. The molecule has 0 heterocycles.